The van der Waals surface area contributed by atoms with Gasteiger partial charge in [0, 0.05) is 24.0 Å². The number of halogens is 1. The van der Waals surface area contributed by atoms with Gasteiger partial charge in [0.1, 0.15) is 0 Å². The molecule has 0 saturated carbocycles. The molecule has 8 heteroatoms. The number of anilines is 1. The van der Waals surface area contributed by atoms with E-state index in [1.807, 2.05) is 18.2 Å². The van der Waals surface area contributed by atoms with Gasteiger partial charge in [-0.3, -0.25) is 0 Å². The number of benzene rings is 1. The summed E-state index contributed by atoms with van der Waals surface area (Å²) < 4.78 is 16.4. The van der Waals surface area contributed by atoms with Crippen molar-refractivity contribution in [2.45, 2.75) is 39.8 Å². The van der Waals surface area contributed by atoms with Crippen molar-refractivity contribution in [3.8, 4) is 17.4 Å². The molecule has 1 heterocycles. The fourth-order valence-corrected chi connectivity index (χ4v) is 2.81. The van der Waals surface area contributed by atoms with Crippen molar-refractivity contribution in [1.29, 1.82) is 0 Å². The molecule has 3 N–H and O–H groups in total. The minimum atomic E-state index is 0. The van der Waals surface area contributed by atoms with E-state index in [1.54, 1.807) is 32.5 Å². The molecule has 0 radical (unpaired) electrons. The number of hydrogen-bond acceptors (Lipinski definition) is 5. The van der Waals surface area contributed by atoms with Crippen molar-refractivity contribution in [2.75, 3.05) is 19.5 Å². The van der Waals surface area contributed by atoms with E-state index < -0.39 is 0 Å². The molecule has 0 fully saturated rings. The lowest BCUT2D eigenvalue weighted by atomic mass is 10.1. The van der Waals surface area contributed by atoms with Gasteiger partial charge < -0.3 is 25.3 Å². The number of nitrogens with zero attached hydrogens (tertiary/aromatic N) is 2. The number of ether oxygens (including phenoxy) is 3. The fraction of sp³-hybridized carbons (Fsp3) is 0.429. The molecule has 1 unspecified atom stereocenters. The number of guanidine groups is 1. The van der Waals surface area contributed by atoms with E-state index in [1.165, 1.54) is 0 Å². The monoisotopic (exact) mass is 514 g/mol. The maximum Gasteiger partial charge on any atom is 0.213 e. The second kappa shape index (κ2) is 12.4. The molecule has 1 aromatic heterocycles. The van der Waals surface area contributed by atoms with E-state index in [-0.39, 0.29) is 30.1 Å². The highest BCUT2D eigenvalue weighted by Gasteiger charge is 2.08. The Morgan fingerprint density at radius 2 is 1.83 bits per heavy atom. The molecule has 0 spiro atoms. The zero-order chi connectivity index (χ0) is 20.5. The van der Waals surface area contributed by atoms with Crippen molar-refractivity contribution in [1.82, 2.24) is 4.98 Å². The summed E-state index contributed by atoms with van der Waals surface area (Å²) in [6.45, 7) is 6.82. The van der Waals surface area contributed by atoms with Gasteiger partial charge in [-0.1, -0.05) is 13.8 Å². The average molecular weight is 514 g/mol. The Hall–Kier alpha value is -2.23. The second-order valence-electron chi connectivity index (χ2n) is 6.96. The first-order chi connectivity index (χ1) is 13.4. The van der Waals surface area contributed by atoms with E-state index in [0.29, 0.717) is 35.8 Å². The first-order valence-corrected chi connectivity index (χ1v) is 9.31. The Morgan fingerprint density at radius 3 is 2.48 bits per heavy atom. The molecule has 0 bridgehead atoms. The molecule has 0 saturated heterocycles. The van der Waals surface area contributed by atoms with Gasteiger partial charge in [-0.25, -0.2) is 9.98 Å². The predicted octanol–water partition coefficient (Wildman–Crippen LogP) is 4.46. The molecule has 7 nitrogen and oxygen atoms in total. The number of methoxy groups -OCH3 is 2. The van der Waals surface area contributed by atoms with Crippen LogP contribution >= 0.6 is 24.0 Å². The van der Waals surface area contributed by atoms with Gasteiger partial charge in [-0.15, -0.1) is 24.0 Å². The maximum absolute atomic E-state index is 6.01. The van der Waals surface area contributed by atoms with Crippen LogP contribution in [0.2, 0.25) is 0 Å². The number of nitrogens with one attached hydrogen (secondary N) is 1. The van der Waals surface area contributed by atoms with Crippen molar-refractivity contribution < 1.29 is 14.2 Å². The molecule has 0 aliphatic rings. The number of hydrogen-bond donors (Lipinski definition) is 2. The molecule has 1 atom stereocenters. The smallest absolute Gasteiger partial charge is 0.213 e. The Morgan fingerprint density at radius 1 is 1.10 bits per heavy atom. The minimum Gasteiger partial charge on any atom is -0.493 e. The molecule has 0 aliphatic carbocycles. The Labute approximate surface area is 190 Å². The van der Waals surface area contributed by atoms with Crippen LogP contribution in [0.15, 0.2) is 41.5 Å². The van der Waals surface area contributed by atoms with Gasteiger partial charge in [0.25, 0.3) is 0 Å². The number of rotatable bonds is 9. The third kappa shape index (κ3) is 8.35. The third-order valence-electron chi connectivity index (χ3n) is 4.01. The quantitative estimate of drug-likeness (QED) is 0.292. The first-order valence-electron chi connectivity index (χ1n) is 9.31. The fourth-order valence-electron chi connectivity index (χ4n) is 2.81. The van der Waals surface area contributed by atoms with Crippen LogP contribution in [0, 0.1) is 5.92 Å². The number of pyridine rings is 1. The molecule has 160 valence electrons. The van der Waals surface area contributed by atoms with Crippen molar-refractivity contribution in [3.05, 3.63) is 42.1 Å². The molecule has 2 rings (SSSR count). The highest BCUT2D eigenvalue weighted by Crippen LogP contribution is 2.29. The Balaban J connectivity index is 0.00000420. The lowest BCUT2D eigenvalue weighted by Gasteiger charge is -2.16. The van der Waals surface area contributed by atoms with E-state index in [4.69, 9.17) is 19.9 Å². The summed E-state index contributed by atoms with van der Waals surface area (Å²) in [6, 6.07) is 9.24. The third-order valence-corrected chi connectivity index (χ3v) is 4.01. The van der Waals surface area contributed by atoms with Crippen molar-refractivity contribution in [3.63, 3.8) is 0 Å². The largest absolute Gasteiger partial charge is 0.493 e. The van der Waals surface area contributed by atoms with E-state index in [2.05, 4.69) is 36.1 Å². The van der Waals surface area contributed by atoms with E-state index >= 15 is 0 Å². The number of aromatic nitrogens is 1. The zero-order valence-corrected chi connectivity index (χ0v) is 20.0. The van der Waals surface area contributed by atoms with Gasteiger partial charge in [0.05, 0.1) is 26.9 Å². The van der Waals surface area contributed by atoms with Crippen LogP contribution in [0.25, 0.3) is 0 Å². The summed E-state index contributed by atoms with van der Waals surface area (Å²) in [5.74, 6) is 2.75. The highest BCUT2D eigenvalue weighted by molar-refractivity contribution is 14.0. The zero-order valence-electron chi connectivity index (χ0n) is 17.6. The lowest BCUT2D eigenvalue weighted by Crippen LogP contribution is -2.22. The van der Waals surface area contributed by atoms with E-state index in [0.717, 1.165) is 17.7 Å². The first kappa shape index (κ1) is 24.8. The van der Waals surface area contributed by atoms with Gasteiger partial charge in [0.15, 0.2) is 17.5 Å². The molecule has 0 aliphatic heterocycles. The molecular formula is C21H31IN4O3. The van der Waals surface area contributed by atoms with Crippen LogP contribution in [0.4, 0.5) is 5.69 Å². The predicted molar refractivity (Wildman–Crippen MR) is 128 cm³/mol. The van der Waals surface area contributed by atoms with Crippen LogP contribution < -0.4 is 25.3 Å². The minimum absolute atomic E-state index is 0. The van der Waals surface area contributed by atoms with Gasteiger partial charge >= 0.3 is 0 Å². The molecular weight excluding hydrogens is 483 g/mol. The van der Waals surface area contributed by atoms with Crippen molar-refractivity contribution >= 4 is 35.6 Å². The summed E-state index contributed by atoms with van der Waals surface area (Å²) in [5.41, 5.74) is 7.74. The summed E-state index contributed by atoms with van der Waals surface area (Å²) in [4.78, 5) is 8.66. The molecule has 0 amide bonds. The molecule has 2 aromatic rings. The summed E-state index contributed by atoms with van der Waals surface area (Å²) >= 11 is 0. The van der Waals surface area contributed by atoms with Crippen LogP contribution in [-0.4, -0.2) is 31.3 Å². The normalized spacial score (nSPS) is 12.1. The number of nitrogens with two attached hydrogens (primary N) is 1. The second-order valence-corrected chi connectivity index (χ2v) is 6.96. The highest BCUT2D eigenvalue weighted by atomic mass is 127. The van der Waals surface area contributed by atoms with Gasteiger partial charge in [-0.05, 0) is 43.0 Å². The SMILES string of the molecule is COc1ccc(NC(N)=NCc2ccnc(OC(C)CC(C)C)c2)cc1OC.I. The molecule has 1 aromatic carbocycles. The van der Waals surface area contributed by atoms with Gasteiger partial charge in [0.2, 0.25) is 5.88 Å². The van der Waals surface area contributed by atoms with E-state index in [9.17, 15) is 0 Å². The van der Waals surface area contributed by atoms with Crippen LogP contribution in [0.1, 0.15) is 32.8 Å². The Bertz CT molecular complexity index is 799. The summed E-state index contributed by atoms with van der Waals surface area (Å²) in [5, 5.41) is 3.05. The summed E-state index contributed by atoms with van der Waals surface area (Å²) in [7, 11) is 3.18. The number of aliphatic imine (C=N–C) groups is 1. The maximum atomic E-state index is 6.01. The summed E-state index contributed by atoms with van der Waals surface area (Å²) in [6.07, 6.45) is 2.81. The topological polar surface area (TPSA) is 91.0 Å². The van der Waals surface area contributed by atoms with Crippen LogP contribution in [0.3, 0.4) is 0 Å². The average Bonchev–Trinajstić information content (AvgIpc) is 2.66. The lowest BCUT2D eigenvalue weighted by molar-refractivity contribution is 0.185. The van der Waals surface area contributed by atoms with Gasteiger partial charge in [-0.2, -0.15) is 0 Å². The van der Waals surface area contributed by atoms with Crippen LogP contribution in [0.5, 0.6) is 17.4 Å². The Kier molecular flexibility index (Phi) is 10.6. The molecule has 29 heavy (non-hydrogen) atoms. The van der Waals surface area contributed by atoms with Crippen molar-refractivity contribution in [2.24, 2.45) is 16.6 Å². The van der Waals surface area contributed by atoms with Crippen LogP contribution in [-0.2, 0) is 6.54 Å². The standard InChI is InChI=1S/C21H30N4O3.HI/c1-14(2)10-15(3)28-20-11-16(8-9-23-20)13-24-21(22)25-17-6-7-18(26-4)19(12-17)27-5;/h6-9,11-12,14-15H,10,13H2,1-5H3,(H3,22,24,25);1H.